The summed E-state index contributed by atoms with van der Waals surface area (Å²) in [5.41, 5.74) is 2.31. The van der Waals surface area contributed by atoms with Crippen LogP contribution in [0.3, 0.4) is 0 Å². The first-order valence-corrected chi connectivity index (χ1v) is 7.77. The van der Waals surface area contributed by atoms with Crippen molar-refractivity contribution in [2.45, 2.75) is 13.5 Å². The van der Waals surface area contributed by atoms with Crippen LogP contribution >= 0.6 is 0 Å². The minimum atomic E-state index is -0.236. The number of halogens is 1. The molecular formula is C18H18FN5. The van der Waals surface area contributed by atoms with Crippen LogP contribution < -0.4 is 10.6 Å². The summed E-state index contributed by atoms with van der Waals surface area (Å²) in [4.78, 5) is 12.9. The summed E-state index contributed by atoms with van der Waals surface area (Å²) in [6.07, 6.45) is 3.44. The zero-order chi connectivity index (χ0) is 16.8. The summed E-state index contributed by atoms with van der Waals surface area (Å²) in [7, 11) is 0. The SMILES string of the molecule is CCNc1nc(NCc2ccccc2F)cc(-c2ccncc2)n1. The van der Waals surface area contributed by atoms with Crippen molar-refractivity contribution in [3.8, 4) is 11.3 Å². The van der Waals surface area contributed by atoms with Gasteiger partial charge < -0.3 is 10.6 Å². The van der Waals surface area contributed by atoms with E-state index in [9.17, 15) is 4.39 Å². The zero-order valence-corrected chi connectivity index (χ0v) is 13.3. The van der Waals surface area contributed by atoms with Crippen LogP contribution in [-0.4, -0.2) is 21.5 Å². The number of nitrogens with zero attached hydrogens (tertiary/aromatic N) is 3. The van der Waals surface area contributed by atoms with E-state index in [1.807, 2.05) is 31.2 Å². The van der Waals surface area contributed by atoms with E-state index in [4.69, 9.17) is 0 Å². The molecule has 1 aromatic carbocycles. The molecule has 2 N–H and O–H groups in total. The van der Waals surface area contributed by atoms with Crippen molar-refractivity contribution in [3.63, 3.8) is 0 Å². The highest BCUT2D eigenvalue weighted by atomic mass is 19.1. The molecule has 0 aliphatic carbocycles. The van der Waals surface area contributed by atoms with E-state index in [1.165, 1.54) is 6.07 Å². The van der Waals surface area contributed by atoms with Gasteiger partial charge in [-0.15, -0.1) is 0 Å². The third kappa shape index (κ3) is 3.84. The van der Waals surface area contributed by atoms with Crippen LogP contribution in [0.4, 0.5) is 16.2 Å². The maximum absolute atomic E-state index is 13.7. The van der Waals surface area contributed by atoms with Crippen LogP contribution in [-0.2, 0) is 6.54 Å². The molecule has 0 aliphatic heterocycles. The lowest BCUT2D eigenvalue weighted by Gasteiger charge is -2.11. The summed E-state index contributed by atoms with van der Waals surface area (Å²) in [6, 6.07) is 12.3. The normalized spacial score (nSPS) is 10.4. The van der Waals surface area contributed by atoms with Crippen molar-refractivity contribution < 1.29 is 4.39 Å². The molecule has 0 fully saturated rings. The second-order valence-corrected chi connectivity index (χ2v) is 5.17. The Morgan fingerprint density at radius 2 is 1.79 bits per heavy atom. The third-order valence-corrected chi connectivity index (χ3v) is 3.45. The molecule has 3 aromatic rings. The molecule has 2 aromatic heterocycles. The highest BCUT2D eigenvalue weighted by Gasteiger charge is 2.07. The van der Waals surface area contributed by atoms with E-state index in [-0.39, 0.29) is 5.82 Å². The molecule has 0 amide bonds. The third-order valence-electron chi connectivity index (χ3n) is 3.45. The van der Waals surface area contributed by atoms with Crippen LogP contribution in [0, 0.1) is 5.82 Å². The van der Waals surface area contributed by atoms with Gasteiger partial charge in [-0.3, -0.25) is 4.98 Å². The summed E-state index contributed by atoms with van der Waals surface area (Å²) >= 11 is 0. The number of rotatable bonds is 6. The number of hydrogen-bond donors (Lipinski definition) is 2. The molecule has 5 nitrogen and oxygen atoms in total. The van der Waals surface area contributed by atoms with Gasteiger partial charge in [0.15, 0.2) is 0 Å². The maximum Gasteiger partial charge on any atom is 0.225 e. The molecule has 2 heterocycles. The molecule has 0 bridgehead atoms. The second-order valence-electron chi connectivity index (χ2n) is 5.17. The van der Waals surface area contributed by atoms with Gasteiger partial charge in [0.2, 0.25) is 5.95 Å². The molecule has 6 heteroatoms. The van der Waals surface area contributed by atoms with E-state index >= 15 is 0 Å². The predicted octanol–water partition coefficient (Wildman–Crippen LogP) is 3.72. The first kappa shape index (κ1) is 15.9. The first-order valence-electron chi connectivity index (χ1n) is 7.77. The average molecular weight is 323 g/mol. The average Bonchev–Trinajstić information content (AvgIpc) is 2.62. The van der Waals surface area contributed by atoms with Crippen molar-refractivity contribution in [1.82, 2.24) is 15.0 Å². The molecule has 0 unspecified atom stereocenters. The van der Waals surface area contributed by atoms with Gasteiger partial charge in [0.25, 0.3) is 0 Å². The van der Waals surface area contributed by atoms with Gasteiger partial charge in [-0.1, -0.05) is 18.2 Å². The van der Waals surface area contributed by atoms with Gasteiger partial charge in [0, 0.05) is 42.7 Å². The van der Waals surface area contributed by atoms with E-state index in [0.29, 0.717) is 30.4 Å². The van der Waals surface area contributed by atoms with Crippen molar-refractivity contribution >= 4 is 11.8 Å². The molecule has 0 saturated heterocycles. The second kappa shape index (κ2) is 7.50. The molecule has 0 atom stereocenters. The number of nitrogens with one attached hydrogen (secondary N) is 2. The summed E-state index contributed by atoms with van der Waals surface area (Å²) in [5.74, 6) is 0.930. The Bertz CT molecular complexity index is 808. The van der Waals surface area contributed by atoms with Crippen LogP contribution in [0.1, 0.15) is 12.5 Å². The Hall–Kier alpha value is -3.02. The topological polar surface area (TPSA) is 62.7 Å². The van der Waals surface area contributed by atoms with Crippen LogP contribution in [0.15, 0.2) is 54.9 Å². The minimum absolute atomic E-state index is 0.236. The van der Waals surface area contributed by atoms with Crippen LogP contribution in [0.2, 0.25) is 0 Å². The first-order chi connectivity index (χ1) is 11.8. The molecule has 0 saturated carbocycles. The lowest BCUT2D eigenvalue weighted by molar-refractivity contribution is 0.613. The van der Waals surface area contributed by atoms with Gasteiger partial charge in [0.1, 0.15) is 11.6 Å². The standard InChI is InChI=1S/C18H18FN5/c1-2-21-18-23-16(13-7-9-20-10-8-13)11-17(24-18)22-12-14-5-3-4-6-15(14)19/h3-11H,2,12H2,1H3,(H2,21,22,23,24). The van der Waals surface area contributed by atoms with Gasteiger partial charge >= 0.3 is 0 Å². The Labute approximate surface area is 140 Å². The number of aromatic nitrogens is 3. The molecule has 0 radical (unpaired) electrons. The number of benzene rings is 1. The lowest BCUT2D eigenvalue weighted by Crippen LogP contribution is -2.08. The van der Waals surface area contributed by atoms with E-state index in [1.54, 1.807) is 24.5 Å². The fourth-order valence-corrected chi connectivity index (χ4v) is 2.27. The van der Waals surface area contributed by atoms with Crippen molar-refractivity contribution in [1.29, 1.82) is 0 Å². The minimum Gasteiger partial charge on any atom is -0.366 e. The van der Waals surface area contributed by atoms with Crippen LogP contribution in [0.5, 0.6) is 0 Å². The van der Waals surface area contributed by atoms with Crippen molar-refractivity contribution in [2.75, 3.05) is 17.2 Å². The highest BCUT2D eigenvalue weighted by molar-refractivity contribution is 5.63. The highest BCUT2D eigenvalue weighted by Crippen LogP contribution is 2.21. The molecule has 3 rings (SSSR count). The number of hydrogen-bond acceptors (Lipinski definition) is 5. The Morgan fingerprint density at radius 1 is 1.00 bits per heavy atom. The van der Waals surface area contributed by atoms with Crippen LogP contribution in [0.25, 0.3) is 11.3 Å². The van der Waals surface area contributed by atoms with E-state index in [2.05, 4.69) is 25.6 Å². The summed E-state index contributed by atoms with van der Waals surface area (Å²) in [5, 5.41) is 6.28. The Balaban J connectivity index is 1.86. The zero-order valence-electron chi connectivity index (χ0n) is 13.3. The van der Waals surface area contributed by atoms with Gasteiger partial charge in [0.05, 0.1) is 5.69 Å². The van der Waals surface area contributed by atoms with E-state index in [0.717, 1.165) is 11.3 Å². The largest absolute Gasteiger partial charge is 0.366 e. The molecule has 0 spiro atoms. The molecule has 24 heavy (non-hydrogen) atoms. The van der Waals surface area contributed by atoms with Gasteiger partial charge in [-0.25, -0.2) is 9.37 Å². The summed E-state index contributed by atoms with van der Waals surface area (Å²) in [6.45, 7) is 3.05. The van der Waals surface area contributed by atoms with Gasteiger partial charge in [-0.2, -0.15) is 4.98 Å². The number of pyridine rings is 1. The van der Waals surface area contributed by atoms with E-state index < -0.39 is 0 Å². The molecule has 0 aliphatic rings. The smallest absolute Gasteiger partial charge is 0.225 e. The monoisotopic (exact) mass is 323 g/mol. The fourth-order valence-electron chi connectivity index (χ4n) is 2.27. The Morgan fingerprint density at radius 3 is 2.54 bits per heavy atom. The molecule has 122 valence electrons. The predicted molar refractivity (Wildman–Crippen MR) is 93.2 cm³/mol. The molecular weight excluding hydrogens is 305 g/mol. The maximum atomic E-state index is 13.7. The van der Waals surface area contributed by atoms with Crippen molar-refractivity contribution in [2.24, 2.45) is 0 Å². The lowest BCUT2D eigenvalue weighted by atomic mass is 10.2. The van der Waals surface area contributed by atoms with Crippen molar-refractivity contribution in [3.05, 3.63) is 66.2 Å². The quantitative estimate of drug-likeness (QED) is 0.724. The number of anilines is 2. The Kier molecular flexibility index (Phi) is 4.96. The fraction of sp³-hybridized carbons (Fsp3) is 0.167. The van der Waals surface area contributed by atoms with Gasteiger partial charge in [-0.05, 0) is 25.1 Å². The summed E-state index contributed by atoms with van der Waals surface area (Å²) < 4.78 is 13.7.